The van der Waals surface area contributed by atoms with Gasteiger partial charge in [0, 0.05) is 37.8 Å². The number of carbonyl (C=O) groups is 1. The van der Waals surface area contributed by atoms with E-state index in [1.165, 1.54) is 5.56 Å². The average Bonchev–Trinajstić information content (AvgIpc) is 2.91. The largest absolute Gasteiger partial charge is 0.478 e. The van der Waals surface area contributed by atoms with Gasteiger partial charge in [-0.3, -0.25) is 0 Å². The lowest BCUT2D eigenvalue weighted by Crippen LogP contribution is -2.43. The number of aromatic amines is 1. The van der Waals surface area contributed by atoms with Crippen LogP contribution in [0.25, 0.3) is 10.9 Å². The van der Waals surface area contributed by atoms with Gasteiger partial charge in [0.1, 0.15) is 0 Å². The summed E-state index contributed by atoms with van der Waals surface area (Å²) < 4.78 is 0. The Hall–Kier alpha value is -1.85. The number of piperazine rings is 1. The molecule has 0 radical (unpaired) electrons. The number of carboxylic acids is 1. The smallest absolute Gasteiger partial charge is 0.337 e. The van der Waals surface area contributed by atoms with Crippen LogP contribution in [0.1, 0.15) is 22.3 Å². The van der Waals surface area contributed by atoms with Crippen LogP contribution in [0, 0.1) is 0 Å². The van der Waals surface area contributed by atoms with Gasteiger partial charge in [-0.25, -0.2) is 4.79 Å². The number of fused-ring (bicyclic) bond motifs is 1. The number of para-hydroxylation sites is 1. The Kier molecular flexibility index (Phi) is 4.22. The van der Waals surface area contributed by atoms with E-state index in [1.54, 1.807) is 6.07 Å². The van der Waals surface area contributed by atoms with Crippen LogP contribution in [0.5, 0.6) is 0 Å². The number of hydrogen-bond acceptors (Lipinski definition) is 3. The Labute approximate surface area is 124 Å². The number of hydrogen-bond donors (Lipinski definition) is 3. The Morgan fingerprint density at radius 1 is 1.29 bits per heavy atom. The molecule has 0 saturated carbocycles. The lowest BCUT2D eigenvalue weighted by atomic mass is 10.1. The van der Waals surface area contributed by atoms with Crippen molar-refractivity contribution in [2.45, 2.75) is 12.8 Å². The summed E-state index contributed by atoms with van der Waals surface area (Å²) in [5.74, 6) is -0.880. The monoisotopic (exact) mass is 287 g/mol. The summed E-state index contributed by atoms with van der Waals surface area (Å²) >= 11 is 0. The van der Waals surface area contributed by atoms with Gasteiger partial charge < -0.3 is 20.3 Å². The normalized spacial score (nSPS) is 16.4. The van der Waals surface area contributed by atoms with E-state index < -0.39 is 5.97 Å². The minimum atomic E-state index is -0.880. The standard InChI is InChI=1S/C16H21N3O2/c20-16(21)14-5-1-4-13-12(11-18-15(13)14)3-2-8-19-9-6-17-7-10-19/h1,4-5,11,17-18H,2-3,6-10H2,(H,20,21). The predicted molar refractivity (Wildman–Crippen MR) is 82.9 cm³/mol. The molecule has 0 amide bonds. The minimum absolute atomic E-state index is 0.348. The molecule has 1 fully saturated rings. The fourth-order valence-corrected chi connectivity index (χ4v) is 3.03. The van der Waals surface area contributed by atoms with E-state index in [0.717, 1.165) is 56.5 Å². The molecule has 1 saturated heterocycles. The number of aryl methyl sites for hydroxylation is 1. The third-order valence-corrected chi connectivity index (χ3v) is 4.16. The first-order valence-corrected chi connectivity index (χ1v) is 7.51. The number of nitrogens with zero attached hydrogens (tertiary/aromatic N) is 1. The molecule has 0 spiro atoms. The zero-order valence-corrected chi connectivity index (χ0v) is 12.1. The number of benzene rings is 1. The summed E-state index contributed by atoms with van der Waals surface area (Å²) in [6.45, 7) is 5.51. The van der Waals surface area contributed by atoms with Crippen molar-refractivity contribution in [3.63, 3.8) is 0 Å². The molecule has 1 aromatic heterocycles. The molecular weight excluding hydrogens is 266 g/mol. The molecule has 112 valence electrons. The first kappa shape index (κ1) is 14.1. The zero-order valence-electron chi connectivity index (χ0n) is 12.1. The van der Waals surface area contributed by atoms with E-state index in [1.807, 2.05) is 18.3 Å². The molecule has 0 unspecified atom stereocenters. The molecule has 2 heterocycles. The van der Waals surface area contributed by atoms with Crippen molar-refractivity contribution in [3.8, 4) is 0 Å². The Morgan fingerprint density at radius 3 is 2.86 bits per heavy atom. The second-order valence-electron chi connectivity index (χ2n) is 5.54. The molecule has 1 aliphatic heterocycles. The van der Waals surface area contributed by atoms with Gasteiger partial charge in [0.25, 0.3) is 0 Å². The summed E-state index contributed by atoms with van der Waals surface area (Å²) in [7, 11) is 0. The topological polar surface area (TPSA) is 68.4 Å². The van der Waals surface area contributed by atoms with Crippen molar-refractivity contribution in [1.82, 2.24) is 15.2 Å². The maximum Gasteiger partial charge on any atom is 0.337 e. The van der Waals surface area contributed by atoms with Crippen LogP contribution < -0.4 is 5.32 Å². The number of aromatic carboxylic acids is 1. The summed E-state index contributed by atoms with van der Waals surface area (Å²) in [6, 6.07) is 5.46. The fraction of sp³-hybridized carbons (Fsp3) is 0.438. The minimum Gasteiger partial charge on any atom is -0.478 e. The molecule has 21 heavy (non-hydrogen) atoms. The fourth-order valence-electron chi connectivity index (χ4n) is 3.03. The van der Waals surface area contributed by atoms with Crippen LogP contribution in [0.4, 0.5) is 0 Å². The van der Waals surface area contributed by atoms with Crippen molar-refractivity contribution in [1.29, 1.82) is 0 Å². The molecule has 5 nitrogen and oxygen atoms in total. The van der Waals surface area contributed by atoms with Gasteiger partial charge in [-0.15, -0.1) is 0 Å². The van der Waals surface area contributed by atoms with Gasteiger partial charge >= 0.3 is 5.97 Å². The number of nitrogens with one attached hydrogen (secondary N) is 2. The quantitative estimate of drug-likeness (QED) is 0.783. The Balaban J connectivity index is 1.67. The van der Waals surface area contributed by atoms with Crippen molar-refractivity contribution in [3.05, 3.63) is 35.5 Å². The highest BCUT2D eigenvalue weighted by Gasteiger charge is 2.13. The second kappa shape index (κ2) is 6.28. The lowest BCUT2D eigenvalue weighted by molar-refractivity contribution is 0.0699. The molecular formula is C16H21N3O2. The highest BCUT2D eigenvalue weighted by atomic mass is 16.4. The van der Waals surface area contributed by atoms with Gasteiger partial charge in [0.2, 0.25) is 0 Å². The average molecular weight is 287 g/mol. The third kappa shape index (κ3) is 3.09. The Morgan fingerprint density at radius 2 is 2.10 bits per heavy atom. The maximum atomic E-state index is 11.2. The van der Waals surface area contributed by atoms with E-state index in [4.69, 9.17) is 0 Å². The Bertz CT molecular complexity index is 629. The molecule has 0 aliphatic carbocycles. The number of rotatable bonds is 5. The summed E-state index contributed by atoms with van der Waals surface area (Å²) in [6.07, 6.45) is 4.03. The number of carboxylic acid groups (broad SMARTS) is 1. The van der Waals surface area contributed by atoms with Crippen molar-refractivity contribution in [2.75, 3.05) is 32.7 Å². The third-order valence-electron chi connectivity index (χ3n) is 4.16. The van der Waals surface area contributed by atoms with Crippen molar-refractivity contribution in [2.24, 2.45) is 0 Å². The van der Waals surface area contributed by atoms with E-state index in [-0.39, 0.29) is 0 Å². The van der Waals surface area contributed by atoms with Crippen LogP contribution in [0.3, 0.4) is 0 Å². The van der Waals surface area contributed by atoms with Gasteiger partial charge in [0.15, 0.2) is 0 Å². The van der Waals surface area contributed by atoms with E-state index in [0.29, 0.717) is 5.56 Å². The first-order valence-electron chi connectivity index (χ1n) is 7.51. The molecule has 1 aliphatic rings. The van der Waals surface area contributed by atoms with Crippen LogP contribution in [-0.4, -0.2) is 53.7 Å². The second-order valence-corrected chi connectivity index (χ2v) is 5.54. The van der Waals surface area contributed by atoms with Gasteiger partial charge in [-0.2, -0.15) is 0 Å². The van der Waals surface area contributed by atoms with Gasteiger partial charge in [0.05, 0.1) is 11.1 Å². The van der Waals surface area contributed by atoms with Crippen LogP contribution in [0.15, 0.2) is 24.4 Å². The van der Waals surface area contributed by atoms with Crippen LogP contribution in [-0.2, 0) is 6.42 Å². The molecule has 0 bridgehead atoms. The van der Waals surface area contributed by atoms with E-state index in [2.05, 4.69) is 15.2 Å². The lowest BCUT2D eigenvalue weighted by Gasteiger charge is -2.26. The zero-order chi connectivity index (χ0) is 14.7. The van der Waals surface area contributed by atoms with Gasteiger partial charge in [-0.05, 0) is 31.0 Å². The predicted octanol–water partition coefficient (Wildman–Crippen LogP) is 1.70. The summed E-state index contributed by atoms with van der Waals surface area (Å²) in [5, 5.41) is 13.6. The molecule has 3 N–H and O–H groups in total. The number of aromatic nitrogens is 1. The van der Waals surface area contributed by atoms with E-state index in [9.17, 15) is 9.90 Å². The molecule has 5 heteroatoms. The van der Waals surface area contributed by atoms with Crippen LogP contribution >= 0.6 is 0 Å². The molecule has 0 atom stereocenters. The molecule has 3 rings (SSSR count). The maximum absolute atomic E-state index is 11.2. The molecule has 2 aromatic rings. The van der Waals surface area contributed by atoms with Crippen molar-refractivity contribution < 1.29 is 9.90 Å². The first-order chi connectivity index (χ1) is 10.3. The van der Waals surface area contributed by atoms with E-state index >= 15 is 0 Å². The SMILES string of the molecule is O=C(O)c1cccc2c(CCCN3CCNCC3)c[nH]c12. The van der Waals surface area contributed by atoms with Crippen molar-refractivity contribution >= 4 is 16.9 Å². The summed E-state index contributed by atoms with van der Waals surface area (Å²) in [5.41, 5.74) is 2.30. The highest BCUT2D eigenvalue weighted by Crippen LogP contribution is 2.23. The van der Waals surface area contributed by atoms with Gasteiger partial charge in [-0.1, -0.05) is 12.1 Å². The molecule has 1 aromatic carbocycles. The highest BCUT2D eigenvalue weighted by molar-refractivity contribution is 6.02. The van der Waals surface area contributed by atoms with Crippen LogP contribution in [0.2, 0.25) is 0 Å². The number of H-pyrrole nitrogens is 1. The summed E-state index contributed by atoms with van der Waals surface area (Å²) in [4.78, 5) is 16.8.